The molecule has 0 radical (unpaired) electrons. The van der Waals surface area contributed by atoms with E-state index < -0.39 is 0 Å². The molecule has 0 unspecified atom stereocenters. The Morgan fingerprint density at radius 3 is 2.50 bits per heavy atom. The molecular weight excluding hydrogens is 250 g/mol. The van der Waals surface area contributed by atoms with Crippen molar-refractivity contribution in [2.24, 2.45) is 0 Å². The molecule has 1 aliphatic heterocycles. The van der Waals surface area contributed by atoms with Crippen molar-refractivity contribution >= 4 is 12.0 Å². The van der Waals surface area contributed by atoms with Gasteiger partial charge < -0.3 is 9.32 Å². The van der Waals surface area contributed by atoms with Crippen molar-refractivity contribution in [3.05, 3.63) is 65.6 Å². The Hall–Kier alpha value is -2.29. The van der Waals surface area contributed by atoms with Gasteiger partial charge in [0.2, 0.25) is 0 Å². The average Bonchev–Trinajstić information content (AvgIpc) is 3.03. The monoisotopic (exact) mass is 267 g/mol. The summed E-state index contributed by atoms with van der Waals surface area (Å²) >= 11 is 0. The second-order valence-electron chi connectivity index (χ2n) is 5.02. The summed E-state index contributed by atoms with van der Waals surface area (Å²) in [5.41, 5.74) is 3.28. The molecule has 1 saturated heterocycles. The summed E-state index contributed by atoms with van der Waals surface area (Å²) in [5, 5.41) is 0. The number of nitrogens with zero attached hydrogens (tertiary/aromatic N) is 1. The van der Waals surface area contributed by atoms with Crippen molar-refractivity contribution in [1.82, 2.24) is 4.90 Å². The van der Waals surface area contributed by atoms with Crippen molar-refractivity contribution < 1.29 is 9.21 Å². The van der Waals surface area contributed by atoms with E-state index in [1.807, 2.05) is 23.1 Å². The van der Waals surface area contributed by atoms with Crippen molar-refractivity contribution in [3.8, 4) is 0 Å². The van der Waals surface area contributed by atoms with Crippen LogP contribution < -0.4 is 0 Å². The Balaban J connectivity index is 1.63. The van der Waals surface area contributed by atoms with Gasteiger partial charge in [0.1, 0.15) is 6.26 Å². The van der Waals surface area contributed by atoms with Crippen molar-refractivity contribution in [3.63, 3.8) is 0 Å². The number of likely N-dealkylation sites (tertiary alicyclic amines) is 1. The molecule has 1 aromatic carbocycles. The van der Waals surface area contributed by atoms with Crippen LogP contribution >= 0.6 is 0 Å². The number of carbonyl (C=O) groups is 1. The third-order valence-electron chi connectivity index (χ3n) is 3.63. The molecule has 3 heteroatoms. The molecule has 20 heavy (non-hydrogen) atoms. The van der Waals surface area contributed by atoms with Gasteiger partial charge >= 0.3 is 0 Å². The second kappa shape index (κ2) is 5.78. The van der Waals surface area contributed by atoms with E-state index in [0.717, 1.165) is 25.9 Å². The molecule has 1 fully saturated rings. The van der Waals surface area contributed by atoms with E-state index in [4.69, 9.17) is 4.42 Å². The molecule has 1 amide bonds. The zero-order valence-corrected chi connectivity index (χ0v) is 11.3. The summed E-state index contributed by atoms with van der Waals surface area (Å²) in [6, 6.07) is 12.0. The number of hydrogen-bond acceptors (Lipinski definition) is 2. The predicted molar refractivity (Wildman–Crippen MR) is 78.3 cm³/mol. The lowest BCUT2D eigenvalue weighted by Crippen LogP contribution is -2.36. The highest BCUT2D eigenvalue weighted by molar-refractivity contribution is 5.93. The van der Waals surface area contributed by atoms with Crippen molar-refractivity contribution in [2.45, 2.75) is 12.8 Å². The van der Waals surface area contributed by atoms with Crippen LogP contribution in [0.5, 0.6) is 0 Å². The standard InChI is InChI=1S/C17H17NO2/c19-17(16-8-11-20-13-16)18-9-6-15(7-10-18)12-14-4-2-1-3-5-14/h1-5,8,11-13H,6-7,9-10H2. The number of rotatable bonds is 2. The molecule has 2 heterocycles. The van der Waals surface area contributed by atoms with Crippen molar-refractivity contribution in [1.29, 1.82) is 0 Å². The Bertz CT molecular complexity index is 589. The van der Waals surface area contributed by atoms with Crippen LogP contribution in [0.2, 0.25) is 0 Å². The number of carbonyl (C=O) groups excluding carboxylic acids is 1. The minimum Gasteiger partial charge on any atom is -0.472 e. The van der Waals surface area contributed by atoms with Gasteiger partial charge in [0, 0.05) is 13.1 Å². The van der Waals surface area contributed by atoms with Crippen LogP contribution in [0.15, 0.2) is 58.9 Å². The first-order valence-electron chi connectivity index (χ1n) is 6.89. The van der Waals surface area contributed by atoms with Gasteiger partial charge in [-0.15, -0.1) is 0 Å². The van der Waals surface area contributed by atoms with E-state index in [2.05, 4.69) is 18.2 Å². The molecule has 0 atom stereocenters. The van der Waals surface area contributed by atoms with E-state index in [-0.39, 0.29) is 5.91 Å². The van der Waals surface area contributed by atoms with Crippen LogP contribution in [-0.2, 0) is 0 Å². The summed E-state index contributed by atoms with van der Waals surface area (Å²) in [6.45, 7) is 1.56. The third kappa shape index (κ3) is 2.82. The maximum atomic E-state index is 12.2. The van der Waals surface area contributed by atoms with Crippen LogP contribution in [0.3, 0.4) is 0 Å². The molecule has 3 rings (SSSR count). The van der Waals surface area contributed by atoms with Gasteiger partial charge in [0.25, 0.3) is 5.91 Å². The molecule has 3 nitrogen and oxygen atoms in total. The average molecular weight is 267 g/mol. The number of benzene rings is 1. The number of amides is 1. The first-order chi connectivity index (χ1) is 9.83. The smallest absolute Gasteiger partial charge is 0.257 e. The fraction of sp³-hybridized carbons (Fsp3) is 0.235. The summed E-state index contributed by atoms with van der Waals surface area (Å²) in [5.74, 6) is 0.0671. The molecule has 0 N–H and O–H groups in total. The van der Waals surface area contributed by atoms with E-state index in [1.165, 1.54) is 23.7 Å². The van der Waals surface area contributed by atoms with Gasteiger partial charge in [0.05, 0.1) is 11.8 Å². The zero-order valence-electron chi connectivity index (χ0n) is 11.3. The predicted octanol–water partition coefficient (Wildman–Crippen LogP) is 3.60. The first kappa shape index (κ1) is 12.7. The highest BCUT2D eigenvalue weighted by Crippen LogP contribution is 2.20. The van der Waals surface area contributed by atoms with Crippen LogP contribution in [0.4, 0.5) is 0 Å². The Labute approximate surface area is 118 Å². The van der Waals surface area contributed by atoms with Crippen LogP contribution in [0.25, 0.3) is 6.08 Å². The van der Waals surface area contributed by atoms with E-state index in [1.54, 1.807) is 6.07 Å². The minimum atomic E-state index is 0.0671. The van der Waals surface area contributed by atoms with Gasteiger partial charge in [-0.2, -0.15) is 0 Å². The van der Waals surface area contributed by atoms with Crippen LogP contribution in [0, 0.1) is 0 Å². The summed E-state index contributed by atoms with van der Waals surface area (Å²) in [4.78, 5) is 14.1. The molecule has 1 aromatic heterocycles. The Kier molecular flexibility index (Phi) is 3.68. The minimum absolute atomic E-state index is 0.0671. The summed E-state index contributed by atoms with van der Waals surface area (Å²) in [6.07, 6.45) is 7.17. The molecule has 2 aromatic rings. The molecular formula is C17H17NO2. The molecule has 0 saturated carbocycles. The zero-order chi connectivity index (χ0) is 13.8. The normalized spacial score (nSPS) is 15.2. The second-order valence-corrected chi connectivity index (χ2v) is 5.02. The van der Waals surface area contributed by atoms with Crippen molar-refractivity contribution in [2.75, 3.05) is 13.1 Å². The molecule has 0 spiro atoms. The fourth-order valence-corrected chi connectivity index (χ4v) is 2.50. The highest BCUT2D eigenvalue weighted by atomic mass is 16.3. The fourth-order valence-electron chi connectivity index (χ4n) is 2.50. The number of furan rings is 1. The lowest BCUT2D eigenvalue weighted by molar-refractivity contribution is 0.0743. The van der Waals surface area contributed by atoms with E-state index in [0.29, 0.717) is 5.56 Å². The number of piperidine rings is 1. The highest BCUT2D eigenvalue weighted by Gasteiger charge is 2.20. The van der Waals surface area contributed by atoms with Gasteiger partial charge in [-0.05, 0) is 24.5 Å². The van der Waals surface area contributed by atoms with Gasteiger partial charge in [-0.25, -0.2) is 0 Å². The number of hydrogen-bond donors (Lipinski definition) is 0. The SMILES string of the molecule is O=C(c1ccoc1)N1CCC(=Cc2ccccc2)CC1. The Morgan fingerprint density at radius 2 is 1.85 bits per heavy atom. The largest absolute Gasteiger partial charge is 0.472 e. The molecule has 0 bridgehead atoms. The molecule has 102 valence electrons. The maximum Gasteiger partial charge on any atom is 0.257 e. The topological polar surface area (TPSA) is 33.5 Å². The van der Waals surface area contributed by atoms with Gasteiger partial charge in [0.15, 0.2) is 0 Å². The molecule has 0 aliphatic carbocycles. The van der Waals surface area contributed by atoms with Crippen LogP contribution in [0.1, 0.15) is 28.8 Å². The van der Waals surface area contributed by atoms with E-state index in [9.17, 15) is 4.79 Å². The van der Waals surface area contributed by atoms with Gasteiger partial charge in [-0.3, -0.25) is 4.79 Å². The molecule has 1 aliphatic rings. The summed E-state index contributed by atoms with van der Waals surface area (Å²) in [7, 11) is 0. The van der Waals surface area contributed by atoms with Gasteiger partial charge in [-0.1, -0.05) is 42.0 Å². The Morgan fingerprint density at radius 1 is 1.10 bits per heavy atom. The third-order valence-corrected chi connectivity index (χ3v) is 3.63. The first-order valence-corrected chi connectivity index (χ1v) is 6.89. The van der Waals surface area contributed by atoms with E-state index >= 15 is 0 Å². The quantitative estimate of drug-likeness (QED) is 0.833. The summed E-state index contributed by atoms with van der Waals surface area (Å²) < 4.78 is 4.97. The van der Waals surface area contributed by atoms with Crippen LogP contribution in [-0.4, -0.2) is 23.9 Å². The maximum absolute atomic E-state index is 12.2. The lowest BCUT2D eigenvalue weighted by Gasteiger charge is -2.28. The lowest BCUT2D eigenvalue weighted by atomic mass is 10.0.